The number of halogens is 1. The van der Waals surface area contributed by atoms with Gasteiger partial charge in [0, 0.05) is 50.7 Å². The van der Waals surface area contributed by atoms with E-state index in [0.717, 1.165) is 25.4 Å². The average molecular weight is 382 g/mol. The molecule has 1 aliphatic heterocycles. The molecule has 1 N–H and O–H groups in total. The standard InChI is InChI=1S/C19H28ClN3O3/c1-19(2,14-20)18(25)23-12-10-22(11-13-23)9-8-21-17(24)15-4-6-16(26-3)7-5-15/h4-7H,8-14H2,1-3H3,(H,21,24). The fourth-order valence-corrected chi connectivity index (χ4v) is 2.95. The second kappa shape index (κ2) is 9.24. The molecule has 1 aromatic carbocycles. The summed E-state index contributed by atoms with van der Waals surface area (Å²) in [5, 5.41) is 2.93. The molecule has 2 rings (SSSR count). The Morgan fingerprint density at radius 1 is 1.15 bits per heavy atom. The molecule has 1 fully saturated rings. The molecular weight excluding hydrogens is 354 g/mol. The van der Waals surface area contributed by atoms with Crippen LogP contribution < -0.4 is 10.1 Å². The van der Waals surface area contributed by atoms with Gasteiger partial charge < -0.3 is 15.0 Å². The van der Waals surface area contributed by atoms with Gasteiger partial charge in [0.15, 0.2) is 0 Å². The molecule has 1 heterocycles. The van der Waals surface area contributed by atoms with Gasteiger partial charge in [0.2, 0.25) is 5.91 Å². The molecule has 0 saturated carbocycles. The molecular formula is C19H28ClN3O3. The quantitative estimate of drug-likeness (QED) is 0.732. The summed E-state index contributed by atoms with van der Waals surface area (Å²) in [6.07, 6.45) is 0. The van der Waals surface area contributed by atoms with E-state index in [1.807, 2.05) is 18.7 Å². The Balaban J connectivity index is 1.71. The van der Waals surface area contributed by atoms with Crippen molar-refractivity contribution in [3.05, 3.63) is 29.8 Å². The highest BCUT2D eigenvalue weighted by Crippen LogP contribution is 2.21. The number of nitrogens with one attached hydrogen (secondary N) is 1. The van der Waals surface area contributed by atoms with Gasteiger partial charge >= 0.3 is 0 Å². The number of amides is 2. The smallest absolute Gasteiger partial charge is 0.251 e. The molecule has 6 nitrogen and oxygen atoms in total. The summed E-state index contributed by atoms with van der Waals surface area (Å²) in [5.41, 5.74) is 0.0975. The Bertz CT molecular complexity index is 611. The summed E-state index contributed by atoms with van der Waals surface area (Å²) in [7, 11) is 1.60. The highest BCUT2D eigenvalue weighted by molar-refractivity contribution is 6.19. The highest BCUT2D eigenvalue weighted by Gasteiger charge is 2.32. The zero-order chi connectivity index (χ0) is 19.2. The lowest BCUT2D eigenvalue weighted by Gasteiger charge is -2.38. The number of carbonyl (C=O) groups excluding carboxylic acids is 2. The fourth-order valence-electron chi connectivity index (χ4n) is 2.83. The molecule has 144 valence electrons. The van der Waals surface area contributed by atoms with Crippen molar-refractivity contribution in [1.82, 2.24) is 15.1 Å². The molecule has 0 radical (unpaired) electrons. The van der Waals surface area contributed by atoms with Crippen molar-refractivity contribution in [1.29, 1.82) is 0 Å². The number of carbonyl (C=O) groups is 2. The molecule has 26 heavy (non-hydrogen) atoms. The molecule has 0 spiro atoms. The number of ether oxygens (including phenoxy) is 1. The Kier molecular flexibility index (Phi) is 7.29. The number of hydrogen-bond acceptors (Lipinski definition) is 4. The van der Waals surface area contributed by atoms with E-state index in [1.54, 1.807) is 31.4 Å². The molecule has 0 bridgehead atoms. The maximum Gasteiger partial charge on any atom is 0.251 e. The van der Waals surface area contributed by atoms with E-state index in [1.165, 1.54) is 0 Å². The van der Waals surface area contributed by atoms with Gasteiger partial charge in [0.25, 0.3) is 5.91 Å². The lowest BCUT2D eigenvalue weighted by atomic mass is 9.94. The zero-order valence-electron chi connectivity index (χ0n) is 15.8. The minimum atomic E-state index is -0.518. The van der Waals surface area contributed by atoms with Gasteiger partial charge in [-0.25, -0.2) is 0 Å². The summed E-state index contributed by atoms with van der Waals surface area (Å²) in [5.74, 6) is 1.07. The zero-order valence-corrected chi connectivity index (χ0v) is 16.5. The fraction of sp³-hybridized carbons (Fsp3) is 0.579. The van der Waals surface area contributed by atoms with Crippen LogP contribution in [-0.4, -0.2) is 73.9 Å². The second-order valence-electron chi connectivity index (χ2n) is 7.14. The van der Waals surface area contributed by atoms with Crippen molar-refractivity contribution in [2.75, 3.05) is 52.3 Å². The van der Waals surface area contributed by atoms with E-state index in [2.05, 4.69) is 10.2 Å². The number of methoxy groups -OCH3 is 1. The van der Waals surface area contributed by atoms with Crippen molar-refractivity contribution in [3.8, 4) is 5.75 Å². The first-order chi connectivity index (χ1) is 12.4. The van der Waals surface area contributed by atoms with E-state index in [4.69, 9.17) is 16.3 Å². The van der Waals surface area contributed by atoms with E-state index in [9.17, 15) is 9.59 Å². The summed E-state index contributed by atoms with van der Waals surface area (Å²) in [4.78, 5) is 28.7. The third-order valence-corrected chi connectivity index (χ3v) is 5.31. The Morgan fingerprint density at radius 3 is 2.31 bits per heavy atom. The minimum absolute atomic E-state index is 0.0923. The van der Waals surface area contributed by atoms with E-state index >= 15 is 0 Å². The number of benzene rings is 1. The molecule has 1 aliphatic rings. The molecule has 0 aromatic heterocycles. The Hall–Kier alpha value is -1.79. The van der Waals surface area contributed by atoms with Crippen molar-refractivity contribution in [2.45, 2.75) is 13.8 Å². The van der Waals surface area contributed by atoms with Crippen molar-refractivity contribution >= 4 is 23.4 Å². The van der Waals surface area contributed by atoms with Crippen LogP contribution in [0.4, 0.5) is 0 Å². The number of nitrogens with zero attached hydrogens (tertiary/aromatic N) is 2. The first-order valence-electron chi connectivity index (χ1n) is 8.87. The topological polar surface area (TPSA) is 61.9 Å². The van der Waals surface area contributed by atoms with E-state index < -0.39 is 5.41 Å². The van der Waals surface area contributed by atoms with Crippen molar-refractivity contribution < 1.29 is 14.3 Å². The number of piperazine rings is 1. The average Bonchev–Trinajstić information content (AvgIpc) is 2.68. The van der Waals surface area contributed by atoms with E-state index in [0.29, 0.717) is 31.1 Å². The van der Waals surface area contributed by atoms with Gasteiger partial charge in [0.05, 0.1) is 12.5 Å². The van der Waals surface area contributed by atoms with Crippen molar-refractivity contribution in [3.63, 3.8) is 0 Å². The van der Waals surface area contributed by atoms with Gasteiger partial charge in [-0.05, 0) is 38.1 Å². The SMILES string of the molecule is COc1ccc(C(=O)NCCN2CCN(C(=O)C(C)(C)CCl)CC2)cc1. The molecule has 1 aromatic rings. The van der Waals surface area contributed by atoms with E-state index in [-0.39, 0.29) is 11.8 Å². The van der Waals surface area contributed by atoms with Gasteiger partial charge in [-0.3, -0.25) is 14.5 Å². The van der Waals surface area contributed by atoms with Crippen LogP contribution in [0.3, 0.4) is 0 Å². The first-order valence-corrected chi connectivity index (χ1v) is 9.41. The van der Waals surface area contributed by atoms with Crippen LogP contribution in [0.1, 0.15) is 24.2 Å². The number of rotatable bonds is 7. The number of alkyl halides is 1. The molecule has 0 unspecified atom stereocenters. The molecule has 0 atom stereocenters. The molecule has 7 heteroatoms. The molecule has 2 amide bonds. The lowest BCUT2D eigenvalue weighted by molar-refractivity contribution is -0.141. The first kappa shape index (κ1) is 20.5. The van der Waals surface area contributed by atoms with Gasteiger partial charge in [-0.15, -0.1) is 11.6 Å². The Morgan fingerprint density at radius 2 is 1.77 bits per heavy atom. The van der Waals surface area contributed by atoms with Crippen molar-refractivity contribution in [2.24, 2.45) is 5.41 Å². The summed E-state index contributed by atoms with van der Waals surface area (Å²) in [6.45, 7) is 8.11. The monoisotopic (exact) mass is 381 g/mol. The minimum Gasteiger partial charge on any atom is -0.497 e. The van der Waals surface area contributed by atoms with Crippen LogP contribution >= 0.6 is 11.6 Å². The molecule has 0 aliphatic carbocycles. The van der Waals surface area contributed by atoms with Crippen LogP contribution in [0.5, 0.6) is 5.75 Å². The third kappa shape index (κ3) is 5.35. The van der Waals surface area contributed by atoms with Crippen LogP contribution in [0, 0.1) is 5.41 Å². The van der Waals surface area contributed by atoms with Crippen LogP contribution in [-0.2, 0) is 4.79 Å². The normalized spacial score (nSPS) is 15.6. The van der Waals surface area contributed by atoms with Crippen LogP contribution in [0.25, 0.3) is 0 Å². The van der Waals surface area contributed by atoms with Gasteiger partial charge in [-0.1, -0.05) is 0 Å². The number of hydrogen-bond donors (Lipinski definition) is 1. The Labute approximate surface area is 160 Å². The predicted molar refractivity (Wildman–Crippen MR) is 103 cm³/mol. The summed E-state index contributed by atoms with van der Waals surface area (Å²) < 4.78 is 5.09. The van der Waals surface area contributed by atoms with Gasteiger partial charge in [0.1, 0.15) is 5.75 Å². The second-order valence-corrected chi connectivity index (χ2v) is 7.40. The van der Waals surface area contributed by atoms with Crippen LogP contribution in [0.2, 0.25) is 0 Å². The highest BCUT2D eigenvalue weighted by atomic mass is 35.5. The maximum absolute atomic E-state index is 12.4. The third-order valence-electron chi connectivity index (χ3n) is 4.64. The van der Waals surface area contributed by atoms with Crippen LogP contribution in [0.15, 0.2) is 24.3 Å². The molecule has 1 saturated heterocycles. The maximum atomic E-state index is 12.4. The summed E-state index contributed by atoms with van der Waals surface area (Å²) in [6, 6.07) is 7.04. The summed E-state index contributed by atoms with van der Waals surface area (Å²) >= 11 is 5.90. The van der Waals surface area contributed by atoms with Gasteiger partial charge in [-0.2, -0.15) is 0 Å². The lowest BCUT2D eigenvalue weighted by Crippen LogP contribution is -2.53. The predicted octanol–water partition coefficient (Wildman–Crippen LogP) is 1.83. The largest absolute Gasteiger partial charge is 0.497 e.